The Kier molecular flexibility index (Phi) is 7.71. The Morgan fingerprint density at radius 3 is 2.70 bits per heavy atom. The van der Waals surface area contributed by atoms with Crippen LogP contribution in [0.5, 0.6) is 5.75 Å². The Morgan fingerprint density at radius 1 is 1.40 bits per heavy atom. The predicted molar refractivity (Wildman–Crippen MR) is 85.7 cm³/mol. The molecule has 1 aromatic carbocycles. The van der Waals surface area contributed by atoms with Crippen LogP contribution in [0.1, 0.15) is 4.88 Å². The van der Waals surface area contributed by atoms with Crippen LogP contribution in [-0.2, 0) is 11.4 Å². The van der Waals surface area contributed by atoms with E-state index in [-0.39, 0.29) is 0 Å². The predicted octanol–water partition coefficient (Wildman–Crippen LogP) is 2.74. The summed E-state index contributed by atoms with van der Waals surface area (Å²) < 4.78 is 6.77. The maximum Gasteiger partial charge on any atom is 0.221 e. The van der Waals surface area contributed by atoms with Crippen LogP contribution in [0.2, 0.25) is 0 Å². The number of carbonyl (C=O) groups excluding carboxylic acids is 1. The number of hydrogen-bond acceptors (Lipinski definition) is 5. The highest BCUT2D eigenvalue weighted by Crippen LogP contribution is 2.33. The summed E-state index contributed by atoms with van der Waals surface area (Å²) in [5.74, 6) is 5.27. The van der Waals surface area contributed by atoms with Gasteiger partial charge in [-0.25, -0.2) is 5.84 Å². The third-order valence-corrected chi connectivity index (χ3v) is 3.72. The number of rotatable bonds is 5. The van der Waals surface area contributed by atoms with Gasteiger partial charge in [-0.2, -0.15) is 0 Å². The maximum atomic E-state index is 8.94. The molecule has 1 heterocycles. The maximum absolute atomic E-state index is 8.94. The topological polar surface area (TPSA) is 76.4 Å². The molecule has 108 valence electrons. The molecule has 20 heavy (non-hydrogen) atoms. The first-order chi connectivity index (χ1) is 9.72. The van der Waals surface area contributed by atoms with E-state index in [0.29, 0.717) is 13.0 Å². The Bertz CT molecular complexity index is 520. The molecule has 0 radical (unpaired) electrons. The minimum atomic E-state index is 0.403. The number of hydrazine groups is 1. The SMILES string of the molecule is CNc1cccc(Br)c1OCc1cccs1.NNC=O. The molecule has 0 saturated heterocycles. The average Bonchev–Trinajstić information content (AvgIpc) is 2.99. The summed E-state index contributed by atoms with van der Waals surface area (Å²) >= 11 is 5.19. The molecule has 0 spiro atoms. The summed E-state index contributed by atoms with van der Waals surface area (Å²) in [7, 11) is 1.89. The number of amides is 1. The third kappa shape index (κ3) is 5.20. The van der Waals surface area contributed by atoms with E-state index in [9.17, 15) is 0 Å². The fourth-order valence-electron chi connectivity index (χ4n) is 1.39. The molecular weight excluding hydrogens is 342 g/mol. The highest BCUT2D eigenvalue weighted by Gasteiger charge is 2.07. The second-order valence-electron chi connectivity index (χ2n) is 3.52. The Labute approximate surface area is 130 Å². The van der Waals surface area contributed by atoms with Crippen molar-refractivity contribution in [2.45, 2.75) is 6.61 Å². The van der Waals surface area contributed by atoms with Crippen LogP contribution in [0.25, 0.3) is 0 Å². The molecule has 5 nitrogen and oxygen atoms in total. The minimum absolute atomic E-state index is 0.403. The number of nitrogens with one attached hydrogen (secondary N) is 2. The zero-order chi connectivity index (χ0) is 14.8. The standard InChI is InChI=1S/C12H12BrNOS.CH4N2O/c1-14-11-6-2-5-10(13)12(11)15-8-9-4-3-7-16-9;2-3-1-4/h2-7,14H,8H2,1H3;1H,2H2,(H,3,4). The van der Waals surface area contributed by atoms with Gasteiger partial charge < -0.3 is 10.1 Å². The van der Waals surface area contributed by atoms with E-state index in [1.54, 1.807) is 16.8 Å². The Hall–Kier alpha value is -1.57. The third-order valence-electron chi connectivity index (χ3n) is 2.24. The van der Waals surface area contributed by atoms with Crippen molar-refractivity contribution in [1.82, 2.24) is 5.43 Å². The summed E-state index contributed by atoms with van der Waals surface area (Å²) in [6, 6.07) is 10.1. The molecule has 1 amide bonds. The molecule has 0 aliphatic rings. The number of para-hydroxylation sites is 1. The highest BCUT2D eigenvalue weighted by atomic mass is 79.9. The van der Waals surface area contributed by atoms with Gasteiger partial charge in [-0.1, -0.05) is 12.1 Å². The number of thiophene rings is 1. The number of hydrogen-bond donors (Lipinski definition) is 3. The molecule has 7 heteroatoms. The van der Waals surface area contributed by atoms with Gasteiger partial charge in [-0.3, -0.25) is 10.2 Å². The number of anilines is 1. The fraction of sp³-hybridized carbons (Fsp3) is 0.154. The highest BCUT2D eigenvalue weighted by molar-refractivity contribution is 9.10. The van der Waals surface area contributed by atoms with Gasteiger partial charge in [-0.05, 0) is 39.5 Å². The molecule has 2 aromatic rings. The summed E-state index contributed by atoms with van der Waals surface area (Å²) in [5, 5.41) is 5.17. The van der Waals surface area contributed by atoms with Gasteiger partial charge >= 0.3 is 0 Å². The van der Waals surface area contributed by atoms with Gasteiger partial charge in [0.05, 0.1) is 10.2 Å². The zero-order valence-electron chi connectivity index (χ0n) is 10.9. The van der Waals surface area contributed by atoms with Crippen LogP contribution in [0.3, 0.4) is 0 Å². The van der Waals surface area contributed by atoms with Crippen LogP contribution >= 0.6 is 27.3 Å². The number of halogens is 1. The van der Waals surface area contributed by atoms with E-state index < -0.39 is 0 Å². The molecule has 0 aliphatic carbocycles. The van der Waals surface area contributed by atoms with Crippen LogP contribution in [0.15, 0.2) is 40.2 Å². The molecule has 4 N–H and O–H groups in total. The summed E-state index contributed by atoms with van der Waals surface area (Å²) in [5.41, 5.74) is 2.74. The summed E-state index contributed by atoms with van der Waals surface area (Å²) in [6.45, 7) is 0.606. The largest absolute Gasteiger partial charge is 0.485 e. The van der Waals surface area contributed by atoms with E-state index in [0.717, 1.165) is 15.9 Å². The van der Waals surface area contributed by atoms with Gasteiger partial charge in [0.2, 0.25) is 6.41 Å². The number of benzene rings is 1. The molecule has 0 unspecified atom stereocenters. The van der Waals surface area contributed by atoms with E-state index >= 15 is 0 Å². The molecule has 0 aliphatic heterocycles. The van der Waals surface area contributed by atoms with Gasteiger partial charge in [-0.15, -0.1) is 11.3 Å². The Morgan fingerprint density at radius 2 is 2.15 bits per heavy atom. The van der Waals surface area contributed by atoms with Crippen molar-refractivity contribution < 1.29 is 9.53 Å². The van der Waals surface area contributed by atoms with Crippen molar-refractivity contribution >= 4 is 39.4 Å². The van der Waals surface area contributed by atoms with Crippen molar-refractivity contribution in [3.05, 3.63) is 45.1 Å². The first kappa shape index (κ1) is 16.5. The zero-order valence-corrected chi connectivity index (χ0v) is 13.3. The first-order valence-corrected chi connectivity index (χ1v) is 7.41. The van der Waals surface area contributed by atoms with Crippen molar-refractivity contribution in [1.29, 1.82) is 0 Å². The second kappa shape index (κ2) is 9.35. The lowest BCUT2D eigenvalue weighted by molar-refractivity contribution is -0.109. The van der Waals surface area contributed by atoms with Crippen LogP contribution in [-0.4, -0.2) is 13.5 Å². The number of carbonyl (C=O) groups is 1. The smallest absolute Gasteiger partial charge is 0.221 e. The number of nitrogens with two attached hydrogens (primary N) is 1. The average molecular weight is 358 g/mol. The molecule has 2 rings (SSSR count). The molecular formula is C13H16BrN3O2S. The second-order valence-corrected chi connectivity index (χ2v) is 5.41. The molecule has 0 fully saturated rings. The molecule has 0 atom stereocenters. The lowest BCUT2D eigenvalue weighted by Gasteiger charge is -2.12. The van der Waals surface area contributed by atoms with Crippen LogP contribution in [0.4, 0.5) is 5.69 Å². The fourth-order valence-corrected chi connectivity index (χ4v) is 2.49. The van der Waals surface area contributed by atoms with Gasteiger partial charge in [0.25, 0.3) is 0 Å². The molecule has 1 aromatic heterocycles. The first-order valence-electron chi connectivity index (χ1n) is 5.74. The monoisotopic (exact) mass is 357 g/mol. The van der Waals surface area contributed by atoms with Gasteiger partial charge in [0.1, 0.15) is 6.61 Å². The summed E-state index contributed by atoms with van der Waals surface area (Å²) in [4.78, 5) is 10.2. The lowest BCUT2D eigenvalue weighted by Crippen LogP contribution is -2.18. The minimum Gasteiger partial charge on any atom is -0.485 e. The lowest BCUT2D eigenvalue weighted by atomic mass is 10.3. The van der Waals surface area contributed by atoms with Crippen molar-refractivity contribution in [3.8, 4) is 5.75 Å². The number of ether oxygens (including phenoxy) is 1. The van der Waals surface area contributed by atoms with Crippen LogP contribution < -0.4 is 21.3 Å². The van der Waals surface area contributed by atoms with Crippen LogP contribution in [0, 0.1) is 0 Å². The van der Waals surface area contributed by atoms with Crippen molar-refractivity contribution in [2.75, 3.05) is 12.4 Å². The van der Waals surface area contributed by atoms with E-state index in [1.807, 2.05) is 31.3 Å². The van der Waals surface area contributed by atoms with Crippen molar-refractivity contribution in [2.24, 2.45) is 5.84 Å². The summed E-state index contributed by atoms with van der Waals surface area (Å²) in [6.07, 6.45) is 0.403. The van der Waals surface area contributed by atoms with Gasteiger partial charge in [0.15, 0.2) is 5.75 Å². The molecule has 0 bridgehead atoms. The molecule has 0 saturated carbocycles. The normalized spacial score (nSPS) is 9.15. The Balaban J connectivity index is 0.000000444. The van der Waals surface area contributed by atoms with Crippen molar-refractivity contribution in [3.63, 3.8) is 0 Å². The van der Waals surface area contributed by atoms with Gasteiger partial charge in [0, 0.05) is 11.9 Å². The van der Waals surface area contributed by atoms with E-state index in [1.165, 1.54) is 4.88 Å². The van der Waals surface area contributed by atoms with E-state index in [4.69, 9.17) is 9.53 Å². The van der Waals surface area contributed by atoms with E-state index in [2.05, 4.69) is 38.5 Å². The quantitative estimate of drug-likeness (QED) is 0.333.